The van der Waals surface area contributed by atoms with Gasteiger partial charge >= 0.3 is 0 Å². The van der Waals surface area contributed by atoms with Gasteiger partial charge in [-0.15, -0.1) is 6.58 Å². The van der Waals surface area contributed by atoms with Gasteiger partial charge in [0.05, 0.1) is 23.3 Å². The second-order valence-electron chi connectivity index (χ2n) is 8.91. The van der Waals surface area contributed by atoms with Crippen molar-refractivity contribution in [3.8, 4) is 5.82 Å². The normalized spacial score (nSPS) is 11.9. The molecule has 4 heterocycles. The second-order valence-corrected chi connectivity index (χ2v) is 8.91. The van der Waals surface area contributed by atoms with Gasteiger partial charge in [0.15, 0.2) is 11.5 Å². The van der Waals surface area contributed by atoms with Crippen LogP contribution in [0, 0.1) is 6.92 Å². The fraction of sp³-hybridized carbons (Fsp3) is 0.240. The average Bonchev–Trinajstić information content (AvgIpc) is 3.26. The van der Waals surface area contributed by atoms with Crippen molar-refractivity contribution in [2.45, 2.75) is 32.9 Å². The lowest BCUT2D eigenvalue weighted by atomic mass is 10.1. The number of nitrogens with zero attached hydrogens (tertiary/aromatic N) is 7. The third-order valence-electron chi connectivity index (χ3n) is 5.92. The van der Waals surface area contributed by atoms with Gasteiger partial charge in [-0.25, -0.2) is 24.3 Å². The van der Waals surface area contributed by atoms with Gasteiger partial charge in [-0.05, 0) is 51.1 Å². The highest BCUT2D eigenvalue weighted by Gasteiger charge is 2.21. The van der Waals surface area contributed by atoms with Crippen molar-refractivity contribution in [1.29, 1.82) is 0 Å². The monoisotopic (exact) mass is 470 g/mol. The van der Waals surface area contributed by atoms with Crippen LogP contribution in [0.1, 0.15) is 25.4 Å². The lowest BCUT2D eigenvalue weighted by Gasteiger charge is -2.18. The first-order valence-corrected chi connectivity index (χ1v) is 11.2. The fourth-order valence-corrected chi connectivity index (χ4v) is 4.02. The summed E-state index contributed by atoms with van der Waals surface area (Å²) in [6, 6.07) is 11.1. The zero-order valence-electron chi connectivity index (χ0n) is 20.0. The number of hydrogen-bond acceptors (Lipinski definition) is 7. The van der Waals surface area contributed by atoms with E-state index in [1.54, 1.807) is 42.8 Å². The van der Waals surface area contributed by atoms with Crippen LogP contribution in [-0.2, 0) is 19.2 Å². The van der Waals surface area contributed by atoms with Crippen LogP contribution < -0.4 is 10.9 Å². The van der Waals surface area contributed by atoms with Crippen molar-refractivity contribution in [2.75, 3.05) is 5.32 Å². The SMILES string of the molecule is C=CCn1c(=O)c2cnc(Nc3ccc4c(c3)nc(C)n4C)nc2n1-c1cccc(C(C)(C)O)n1. The first-order chi connectivity index (χ1) is 16.7. The Morgan fingerprint density at radius 1 is 1.17 bits per heavy atom. The molecule has 10 heteroatoms. The number of imidazole rings is 1. The molecule has 0 bridgehead atoms. The minimum Gasteiger partial charge on any atom is -0.384 e. The summed E-state index contributed by atoms with van der Waals surface area (Å²) in [5.41, 5.74) is 2.12. The molecule has 0 aliphatic carbocycles. The molecule has 178 valence electrons. The van der Waals surface area contributed by atoms with Crippen molar-refractivity contribution in [3.05, 3.63) is 77.1 Å². The Labute approximate surface area is 201 Å². The van der Waals surface area contributed by atoms with Gasteiger partial charge in [0.1, 0.15) is 16.8 Å². The number of fused-ring (bicyclic) bond motifs is 2. The maximum Gasteiger partial charge on any atom is 0.278 e. The number of aromatic nitrogens is 7. The Morgan fingerprint density at radius 3 is 2.71 bits per heavy atom. The highest BCUT2D eigenvalue weighted by molar-refractivity contribution is 5.82. The van der Waals surface area contributed by atoms with Gasteiger partial charge in [0.25, 0.3) is 5.56 Å². The third kappa shape index (κ3) is 3.87. The Balaban J connectivity index is 1.64. The topological polar surface area (TPSA) is 116 Å². The Bertz CT molecular complexity index is 1650. The smallest absolute Gasteiger partial charge is 0.278 e. The molecule has 4 aromatic heterocycles. The van der Waals surface area contributed by atoms with Gasteiger partial charge in [0, 0.05) is 18.9 Å². The average molecular weight is 471 g/mol. The number of anilines is 2. The molecule has 0 unspecified atom stereocenters. The summed E-state index contributed by atoms with van der Waals surface area (Å²) in [6.07, 6.45) is 3.14. The van der Waals surface area contributed by atoms with E-state index < -0.39 is 5.60 Å². The maximum atomic E-state index is 13.2. The largest absolute Gasteiger partial charge is 0.384 e. The molecule has 5 aromatic rings. The molecule has 2 N–H and O–H groups in total. The molecular weight excluding hydrogens is 444 g/mol. The quantitative estimate of drug-likeness (QED) is 0.366. The Morgan fingerprint density at radius 2 is 1.97 bits per heavy atom. The minimum atomic E-state index is -1.15. The molecule has 0 aliphatic heterocycles. The van der Waals surface area contributed by atoms with Gasteiger partial charge in [-0.2, -0.15) is 4.98 Å². The van der Waals surface area contributed by atoms with Gasteiger partial charge in [-0.3, -0.25) is 4.79 Å². The number of aryl methyl sites for hydroxylation is 2. The van der Waals surface area contributed by atoms with Crippen molar-refractivity contribution in [1.82, 2.24) is 33.9 Å². The Kier molecular flexibility index (Phi) is 5.25. The van der Waals surface area contributed by atoms with Crippen LogP contribution in [0.3, 0.4) is 0 Å². The van der Waals surface area contributed by atoms with Crippen molar-refractivity contribution in [3.63, 3.8) is 0 Å². The van der Waals surface area contributed by atoms with Crippen molar-refractivity contribution >= 4 is 33.7 Å². The summed E-state index contributed by atoms with van der Waals surface area (Å²) in [6.45, 7) is 9.31. The van der Waals surface area contributed by atoms with Crippen LogP contribution in [0.15, 0.2) is 60.0 Å². The summed E-state index contributed by atoms with van der Waals surface area (Å²) in [4.78, 5) is 31.4. The molecular formula is C25H26N8O2. The fourth-order valence-electron chi connectivity index (χ4n) is 4.02. The van der Waals surface area contributed by atoms with E-state index in [4.69, 9.17) is 0 Å². The van der Waals surface area contributed by atoms with Crippen LogP contribution in [0.5, 0.6) is 0 Å². The van der Waals surface area contributed by atoms with Crippen LogP contribution >= 0.6 is 0 Å². The molecule has 0 atom stereocenters. The number of aliphatic hydroxyl groups is 1. The van der Waals surface area contributed by atoms with Gasteiger partial charge in [-0.1, -0.05) is 12.1 Å². The van der Waals surface area contributed by atoms with E-state index in [0.29, 0.717) is 28.5 Å². The molecule has 0 spiro atoms. The lowest BCUT2D eigenvalue weighted by Crippen LogP contribution is -2.23. The van der Waals surface area contributed by atoms with Gasteiger partial charge in [0.2, 0.25) is 5.95 Å². The second kappa shape index (κ2) is 8.17. The summed E-state index contributed by atoms with van der Waals surface area (Å²) in [5.74, 6) is 1.70. The van der Waals surface area contributed by atoms with E-state index >= 15 is 0 Å². The third-order valence-corrected chi connectivity index (χ3v) is 5.92. The zero-order valence-corrected chi connectivity index (χ0v) is 20.0. The summed E-state index contributed by atoms with van der Waals surface area (Å²) >= 11 is 0. The first kappa shape index (κ1) is 22.5. The van der Waals surface area contributed by atoms with Crippen LogP contribution in [-0.4, -0.2) is 39.0 Å². The number of pyridine rings is 1. The van der Waals surface area contributed by atoms with E-state index in [1.165, 1.54) is 10.9 Å². The molecule has 10 nitrogen and oxygen atoms in total. The molecule has 0 aliphatic rings. The molecule has 5 rings (SSSR count). The van der Waals surface area contributed by atoms with E-state index in [1.807, 2.05) is 36.7 Å². The highest BCUT2D eigenvalue weighted by atomic mass is 16.3. The predicted octanol–water partition coefficient (Wildman–Crippen LogP) is 3.33. The zero-order chi connectivity index (χ0) is 24.9. The summed E-state index contributed by atoms with van der Waals surface area (Å²) < 4.78 is 5.15. The number of allylic oxidation sites excluding steroid dienone is 1. The molecule has 1 aromatic carbocycles. The molecule has 0 fully saturated rings. The van der Waals surface area contributed by atoms with E-state index in [2.05, 4.69) is 31.8 Å². The molecule has 0 saturated heterocycles. The van der Waals surface area contributed by atoms with E-state index in [9.17, 15) is 9.90 Å². The van der Waals surface area contributed by atoms with Gasteiger partial charge < -0.3 is 15.0 Å². The van der Waals surface area contributed by atoms with Crippen LogP contribution in [0.2, 0.25) is 0 Å². The number of rotatable bonds is 6. The standard InChI is InChI=1S/C25H26N8O2/c1-6-12-32-23(34)17-14-26-24(28-16-10-11-19-18(13-16)27-15(2)31(19)5)30-22(17)33(32)21-9-7-8-20(29-21)25(3,4)35/h6-11,13-14,35H,1,12H2,2-5H3,(H,26,28,30). The van der Waals surface area contributed by atoms with Crippen molar-refractivity contribution in [2.24, 2.45) is 7.05 Å². The lowest BCUT2D eigenvalue weighted by molar-refractivity contribution is 0.0738. The molecule has 0 radical (unpaired) electrons. The molecule has 0 saturated carbocycles. The number of benzene rings is 1. The Hall–Kier alpha value is -4.31. The van der Waals surface area contributed by atoms with Crippen molar-refractivity contribution < 1.29 is 5.11 Å². The predicted molar refractivity (Wildman–Crippen MR) is 135 cm³/mol. The summed E-state index contributed by atoms with van der Waals surface area (Å²) in [7, 11) is 1.98. The first-order valence-electron chi connectivity index (χ1n) is 11.2. The molecule has 0 amide bonds. The van der Waals surface area contributed by atoms with E-state index in [0.717, 1.165) is 22.5 Å². The van der Waals surface area contributed by atoms with Crippen LogP contribution in [0.25, 0.3) is 27.9 Å². The highest BCUT2D eigenvalue weighted by Crippen LogP contribution is 2.24. The number of hydrogen-bond donors (Lipinski definition) is 2. The number of nitrogens with one attached hydrogen (secondary N) is 1. The summed E-state index contributed by atoms with van der Waals surface area (Å²) in [5, 5.41) is 14.0. The van der Waals surface area contributed by atoms with Crippen LogP contribution in [0.4, 0.5) is 11.6 Å². The maximum absolute atomic E-state index is 13.2. The minimum absolute atomic E-state index is 0.252. The molecule has 35 heavy (non-hydrogen) atoms. The van der Waals surface area contributed by atoms with E-state index in [-0.39, 0.29) is 12.1 Å².